The van der Waals surface area contributed by atoms with Gasteiger partial charge < -0.3 is 16.4 Å². The van der Waals surface area contributed by atoms with Gasteiger partial charge in [-0.1, -0.05) is 42.5 Å². The number of amides is 1. The van der Waals surface area contributed by atoms with Crippen LogP contribution in [-0.4, -0.2) is 50.7 Å². The van der Waals surface area contributed by atoms with Crippen molar-refractivity contribution in [3.63, 3.8) is 0 Å². The average molecular weight is 470 g/mol. The van der Waals surface area contributed by atoms with Crippen LogP contribution in [-0.2, 0) is 27.0 Å². The Labute approximate surface area is 195 Å². The number of hydrogen-bond acceptors (Lipinski definition) is 5. The molecule has 0 bridgehead atoms. The zero-order valence-electron chi connectivity index (χ0n) is 18.6. The molecule has 0 spiro atoms. The quantitative estimate of drug-likeness (QED) is 0.420. The van der Waals surface area contributed by atoms with E-state index < -0.39 is 16.1 Å². The highest BCUT2D eigenvalue weighted by Crippen LogP contribution is 2.37. The van der Waals surface area contributed by atoms with Crippen molar-refractivity contribution < 1.29 is 13.2 Å². The van der Waals surface area contributed by atoms with Crippen molar-refractivity contribution in [2.24, 2.45) is 17.4 Å². The SMILES string of the molecule is N=C(N)c1ccc2c(c1)N(S(=O)(=O)Cc1ccccc1)C(C(=O)N1CCC(CCN)CC1)C2. The summed E-state index contributed by atoms with van der Waals surface area (Å²) in [4.78, 5) is 15.4. The van der Waals surface area contributed by atoms with Crippen LogP contribution < -0.4 is 15.8 Å². The maximum Gasteiger partial charge on any atom is 0.246 e. The first-order valence-corrected chi connectivity index (χ1v) is 12.9. The van der Waals surface area contributed by atoms with E-state index in [1.54, 1.807) is 47.4 Å². The van der Waals surface area contributed by atoms with Gasteiger partial charge in [0.1, 0.15) is 11.9 Å². The number of carbonyl (C=O) groups excluding carboxylic acids is 1. The molecule has 1 atom stereocenters. The molecule has 0 aliphatic carbocycles. The average Bonchev–Trinajstić information content (AvgIpc) is 3.19. The van der Waals surface area contributed by atoms with Gasteiger partial charge in [0, 0.05) is 25.1 Å². The molecule has 33 heavy (non-hydrogen) atoms. The topological polar surface area (TPSA) is 134 Å². The van der Waals surface area contributed by atoms with E-state index in [1.165, 1.54) is 4.31 Å². The predicted octanol–water partition coefficient (Wildman–Crippen LogP) is 1.82. The molecule has 2 aliphatic rings. The second-order valence-corrected chi connectivity index (χ2v) is 10.7. The third-order valence-corrected chi connectivity index (χ3v) is 8.36. The normalized spacial score (nSPS) is 18.9. The fourth-order valence-corrected chi connectivity index (χ4v) is 6.62. The first-order valence-electron chi connectivity index (χ1n) is 11.3. The monoisotopic (exact) mass is 469 g/mol. The summed E-state index contributed by atoms with van der Waals surface area (Å²) in [5.41, 5.74) is 13.7. The van der Waals surface area contributed by atoms with Crippen LogP contribution in [0.25, 0.3) is 0 Å². The van der Waals surface area contributed by atoms with Gasteiger partial charge in [-0.15, -0.1) is 0 Å². The second kappa shape index (κ2) is 9.52. The molecule has 1 saturated heterocycles. The molecule has 176 valence electrons. The molecule has 2 aliphatic heterocycles. The predicted molar refractivity (Wildman–Crippen MR) is 129 cm³/mol. The van der Waals surface area contributed by atoms with Crippen LogP contribution in [0.1, 0.15) is 36.0 Å². The zero-order valence-corrected chi connectivity index (χ0v) is 19.4. The number of nitrogens with zero attached hydrogens (tertiary/aromatic N) is 2. The number of nitrogens with two attached hydrogens (primary N) is 2. The molecule has 4 rings (SSSR count). The number of fused-ring (bicyclic) bond motifs is 1. The Morgan fingerprint density at radius 3 is 2.42 bits per heavy atom. The summed E-state index contributed by atoms with van der Waals surface area (Å²) in [6.07, 6.45) is 3.02. The summed E-state index contributed by atoms with van der Waals surface area (Å²) in [7, 11) is -3.86. The molecule has 0 radical (unpaired) electrons. The third kappa shape index (κ3) is 4.89. The maximum absolute atomic E-state index is 13.6. The zero-order chi connectivity index (χ0) is 23.6. The highest BCUT2D eigenvalue weighted by atomic mass is 32.2. The fourth-order valence-electron chi connectivity index (χ4n) is 4.84. The van der Waals surface area contributed by atoms with Gasteiger partial charge in [-0.05, 0) is 48.9 Å². The molecular weight excluding hydrogens is 438 g/mol. The fraction of sp³-hybridized carbons (Fsp3) is 0.417. The van der Waals surface area contributed by atoms with E-state index >= 15 is 0 Å². The van der Waals surface area contributed by atoms with Gasteiger partial charge in [0.25, 0.3) is 0 Å². The third-order valence-electron chi connectivity index (χ3n) is 6.61. The van der Waals surface area contributed by atoms with Crippen molar-refractivity contribution >= 4 is 27.5 Å². The molecule has 2 aromatic rings. The van der Waals surface area contributed by atoms with Crippen LogP contribution in [0.2, 0.25) is 0 Å². The van der Waals surface area contributed by atoms with E-state index in [2.05, 4.69) is 0 Å². The van der Waals surface area contributed by atoms with Crippen LogP contribution in [0.15, 0.2) is 48.5 Å². The van der Waals surface area contributed by atoms with Gasteiger partial charge in [0.2, 0.25) is 15.9 Å². The Hall–Kier alpha value is -2.91. The van der Waals surface area contributed by atoms with E-state index in [0.717, 1.165) is 24.8 Å². The van der Waals surface area contributed by atoms with Crippen LogP contribution in [0.3, 0.4) is 0 Å². The van der Waals surface area contributed by atoms with Gasteiger partial charge in [-0.3, -0.25) is 14.5 Å². The van der Waals surface area contributed by atoms with Gasteiger partial charge in [0.15, 0.2) is 0 Å². The van der Waals surface area contributed by atoms with E-state index in [9.17, 15) is 13.2 Å². The summed E-state index contributed by atoms with van der Waals surface area (Å²) in [6.45, 7) is 1.86. The smallest absolute Gasteiger partial charge is 0.246 e. The number of nitrogens with one attached hydrogen (secondary N) is 1. The first-order chi connectivity index (χ1) is 15.8. The lowest BCUT2D eigenvalue weighted by atomic mass is 9.93. The minimum absolute atomic E-state index is 0.144. The summed E-state index contributed by atoms with van der Waals surface area (Å²) >= 11 is 0. The summed E-state index contributed by atoms with van der Waals surface area (Å²) in [6, 6.07) is 13.2. The Morgan fingerprint density at radius 1 is 1.09 bits per heavy atom. The lowest BCUT2D eigenvalue weighted by Gasteiger charge is -2.36. The molecule has 9 heteroatoms. The molecule has 0 aromatic heterocycles. The van der Waals surface area contributed by atoms with E-state index in [4.69, 9.17) is 16.9 Å². The molecular formula is C24H31N5O3S. The lowest BCUT2D eigenvalue weighted by molar-refractivity contribution is -0.133. The minimum Gasteiger partial charge on any atom is -0.384 e. The Bertz CT molecular complexity index is 1130. The number of hydrogen-bond donors (Lipinski definition) is 3. The Morgan fingerprint density at radius 2 is 1.79 bits per heavy atom. The largest absolute Gasteiger partial charge is 0.384 e. The van der Waals surface area contributed by atoms with Crippen molar-refractivity contribution in [1.29, 1.82) is 5.41 Å². The van der Waals surface area contributed by atoms with Gasteiger partial charge in [-0.2, -0.15) is 0 Å². The highest BCUT2D eigenvalue weighted by molar-refractivity contribution is 7.92. The number of likely N-dealkylation sites (tertiary alicyclic amines) is 1. The molecule has 2 aromatic carbocycles. The van der Waals surface area contributed by atoms with Crippen molar-refractivity contribution in [1.82, 2.24) is 4.90 Å². The van der Waals surface area contributed by atoms with E-state index in [1.807, 2.05) is 6.07 Å². The van der Waals surface area contributed by atoms with Crippen LogP contribution in [0.5, 0.6) is 0 Å². The van der Waals surface area contributed by atoms with Crippen molar-refractivity contribution in [2.75, 3.05) is 23.9 Å². The molecule has 2 heterocycles. The summed E-state index contributed by atoms with van der Waals surface area (Å²) in [5, 5.41) is 7.77. The number of piperidine rings is 1. The molecule has 8 nitrogen and oxygen atoms in total. The second-order valence-electron chi connectivity index (χ2n) is 8.86. The minimum atomic E-state index is -3.86. The summed E-state index contributed by atoms with van der Waals surface area (Å²) < 4.78 is 28.5. The van der Waals surface area contributed by atoms with Crippen molar-refractivity contribution in [2.45, 2.75) is 37.5 Å². The Balaban J connectivity index is 1.66. The van der Waals surface area contributed by atoms with Gasteiger partial charge >= 0.3 is 0 Å². The molecule has 1 fully saturated rings. The first kappa shape index (κ1) is 23.3. The molecule has 1 amide bonds. The van der Waals surface area contributed by atoms with E-state index in [-0.39, 0.29) is 17.5 Å². The highest BCUT2D eigenvalue weighted by Gasteiger charge is 2.43. The van der Waals surface area contributed by atoms with Crippen LogP contribution in [0.4, 0.5) is 5.69 Å². The number of benzene rings is 2. The molecule has 0 saturated carbocycles. The Kier molecular flexibility index (Phi) is 6.71. The number of anilines is 1. The van der Waals surface area contributed by atoms with Gasteiger partial charge in [-0.25, -0.2) is 8.42 Å². The van der Waals surface area contributed by atoms with Crippen LogP contribution in [0, 0.1) is 11.3 Å². The van der Waals surface area contributed by atoms with Crippen LogP contribution >= 0.6 is 0 Å². The number of rotatable bonds is 7. The standard InChI is InChI=1S/C24H31N5O3S/c25-11-8-17-9-12-28(13-10-17)24(30)22-14-19-6-7-20(23(26)27)15-21(19)29(22)33(31,32)16-18-4-2-1-3-5-18/h1-7,15,17,22H,8-14,16,25H2,(H3,26,27). The van der Waals surface area contributed by atoms with Crippen molar-refractivity contribution in [3.8, 4) is 0 Å². The number of carbonyl (C=O) groups is 1. The lowest BCUT2D eigenvalue weighted by Crippen LogP contribution is -2.51. The summed E-state index contributed by atoms with van der Waals surface area (Å²) in [5.74, 6) is -0.0100. The van der Waals surface area contributed by atoms with Gasteiger partial charge in [0.05, 0.1) is 11.4 Å². The molecule has 1 unspecified atom stereocenters. The maximum atomic E-state index is 13.6. The van der Waals surface area contributed by atoms with Crippen molar-refractivity contribution in [3.05, 3.63) is 65.2 Å². The van der Waals surface area contributed by atoms with E-state index in [0.29, 0.717) is 48.8 Å². The number of nitrogen functional groups attached to an aromatic ring is 1. The number of sulfonamides is 1. The molecule has 5 N–H and O–H groups in total. The number of amidine groups is 1.